The first-order valence-corrected chi connectivity index (χ1v) is 10.9. The van der Waals surface area contributed by atoms with E-state index in [-0.39, 0.29) is 5.91 Å². The number of rotatable bonds is 8. The number of hydrogen-bond acceptors (Lipinski definition) is 3. The standard InChI is InChI=1S/C23H34N6O/c1-24-22(30)17-20-10-14-29(15-11-20)23(25-2)27-18-21-26-12-16-28(21)13-6-9-19-7-4-3-5-8-19/h3-5,7-8,12,16,20H,6,9-11,13-15,17-18H2,1-2H3,(H,24,30)(H,25,27). The van der Waals surface area contributed by atoms with Gasteiger partial charge in [-0.3, -0.25) is 9.79 Å². The molecule has 30 heavy (non-hydrogen) atoms. The Kier molecular flexibility index (Phi) is 8.30. The number of guanidine groups is 1. The number of carbonyl (C=O) groups is 1. The maximum atomic E-state index is 11.6. The normalized spacial score (nSPS) is 15.3. The van der Waals surface area contributed by atoms with Crippen LogP contribution in [-0.2, 0) is 24.3 Å². The first kappa shape index (κ1) is 21.9. The molecule has 0 radical (unpaired) electrons. The Labute approximate surface area is 179 Å². The molecule has 2 heterocycles. The number of piperidine rings is 1. The van der Waals surface area contributed by atoms with Gasteiger partial charge in [0.05, 0.1) is 6.54 Å². The van der Waals surface area contributed by atoms with Crippen molar-refractivity contribution in [1.29, 1.82) is 0 Å². The van der Waals surface area contributed by atoms with Gasteiger partial charge in [-0.25, -0.2) is 4.98 Å². The van der Waals surface area contributed by atoms with Crippen LogP contribution in [-0.4, -0.2) is 53.5 Å². The van der Waals surface area contributed by atoms with E-state index in [2.05, 4.69) is 66.6 Å². The van der Waals surface area contributed by atoms with Crippen LogP contribution in [0.3, 0.4) is 0 Å². The fourth-order valence-electron chi connectivity index (χ4n) is 4.01. The highest BCUT2D eigenvalue weighted by Gasteiger charge is 2.23. The number of hydrogen-bond donors (Lipinski definition) is 2. The van der Waals surface area contributed by atoms with Gasteiger partial charge in [0.25, 0.3) is 0 Å². The molecule has 162 valence electrons. The second-order valence-electron chi connectivity index (χ2n) is 7.83. The Morgan fingerprint density at radius 2 is 2.00 bits per heavy atom. The molecule has 1 aliphatic rings. The highest BCUT2D eigenvalue weighted by Crippen LogP contribution is 2.20. The molecule has 7 nitrogen and oxygen atoms in total. The third-order valence-electron chi connectivity index (χ3n) is 5.79. The number of aliphatic imine (C=N–C) groups is 1. The Morgan fingerprint density at radius 3 is 2.70 bits per heavy atom. The molecule has 0 saturated carbocycles. The van der Waals surface area contributed by atoms with Crippen molar-refractivity contribution in [3.8, 4) is 0 Å². The zero-order chi connectivity index (χ0) is 21.2. The Bertz CT molecular complexity index is 808. The summed E-state index contributed by atoms with van der Waals surface area (Å²) in [6.07, 6.45) is 8.72. The highest BCUT2D eigenvalue weighted by atomic mass is 16.1. The number of carbonyl (C=O) groups excluding carboxylic acids is 1. The molecule has 0 bridgehead atoms. The predicted octanol–water partition coefficient (Wildman–Crippen LogP) is 2.44. The number of likely N-dealkylation sites (tertiary alicyclic amines) is 1. The van der Waals surface area contributed by atoms with Gasteiger partial charge in [0.15, 0.2) is 5.96 Å². The molecule has 1 aliphatic heterocycles. The fraction of sp³-hybridized carbons (Fsp3) is 0.522. The summed E-state index contributed by atoms with van der Waals surface area (Å²) in [7, 11) is 3.53. The van der Waals surface area contributed by atoms with Crippen LogP contribution >= 0.6 is 0 Å². The Morgan fingerprint density at radius 1 is 1.23 bits per heavy atom. The number of nitrogens with zero attached hydrogens (tertiary/aromatic N) is 4. The smallest absolute Gasteiger partial charge is 0.220 e. The molecule has 1 aromatic carbocycles. The summed E-state index contributed by atoms with van der Waals surface area (Å²) >= 11 is 0. The van der Waals surface area contributed by atoms with Gasteiger partial charge >= 0.3 is 0 Å². The molecule has 1 aromatic heterocycles. The Hall–Kier alpha value is -2.83. The monoisotopic (exact) mass is 410 g/mol. The number of aryl methyl sites for hydroxylation is 2. The van der Waals surface area contributed by atoms with Gasteiger partial charge in [-0.2, -0.15) is 0 Å². The van der Waals surface area contributed by atoms with Crippen molar-refractivity contribution < 1.29 is 4.79 Å². The maximum Gasteiger partial charge on any atom is 0.220 e. The molecule has 2 aromatic rings. The molecule has 0 atom stereocenters. The van der Waals surface area contributed by atoms with Crippen LogP contribution in [0.15, 0.2) is 47.7 Å². The highest BCUT2D eigenvalue weighted by molar-refractivity contribution is 5.80. The Balaban J connectivity index is 1.44. The molecule has 2 N–H and O–H groups in total. The average Bonchev–Trinajstić information content (AvgIpc) is 3.23. The quantitative estimate of drug-likeness (QED) is 0.518. The van der Waals surface area contributed by atoms with E-state index in [1.165, 1.54) is 5.56 Å². The van der Waals surface area contributed by atoms with Crippen LogP contribution in [0.4, 0.5) is 0 Å². The summed E-state index contributed by atoms with van der Waals surface area (Å²) in [5, 5.41) is 6.19. The molecule has 1 amide bonds. The van der Waals surface area contributed by atoms with E-state index in [0.717, 1.165) is 57.1 Å². The van der Waals surface area contributed by atoms with E-state index in [0.29, 0.717) is 18.9 Å². The van der Waals surface area contributed by atoms with Crippen molar-refractivity contribution in [1.82, 2.24) is 25.1 Å². The van der Waals surface area contributed by atoms with Crippen molar-refractivity contribution in [2.45, 2.75) is 45.2 Å². The summed E-state index contributed by atoms with van der Waals surface area (Å²) in [4.78, 5) is 22.9. The first-order chi connectivity index (χ1) is 14.7. The van der Waals surface area contributed by atoms with Crippen LogP contribution in [0.25, 0.3) is 0 Å². The van der Waals surface area contributed by atoms with E-state index >= 15 is 0 Å². The molecular formula is C23H34N6O. The maximum absolute atomic E-state index is 11.6. The molecule has 7 heteroatoms. The number of amides is 1. The molecular weight excluding hydrogens is 376 g/mol. The van der Waals surface area contributed by atoms with E-state index in [4.69, 9.17) is 0 Å². The summed E-state index contributed by atoms with van der Waals surface area (Å²) in [5.74, 6) is 2.53. The molecule has 1 fully saturated rings. The second-order valence-corrected chi connectivity index (χ2v) is 7.83. The van der Waals surface area contributed by atoms with Gasteiger partial charge in [-0.15, -0.1) is 0 Å². The number of nitrogens with one attached hydrogen (secondary N) is 2. The zero-order valence-corrected chi connectivity index (χ0v) is 18.2. The van der Waals surface area contributed by atoms with E-state index in [1.807, 2.05) is 13.2 Å². The summed E-state index contributed by atoms with van der Waals surface area (Å²) in [6.45, 7) is 3.46. The average molecular weight is 411 g/mol. The molecule has 3 rings (SSSR count). The number of imidazole rings is 1. The van der Waals surface area contributed by atoms with Crippen molar-refractivity contribution >= 4 is 11.9 Å². The van der Waals surface area contributed by atoms with E-state index in [1.54, 1.807) is 7.05 Å². The van der Waals surface area contributed by atoms with Gasteiger partial charge < -0.3 is 20.1 Å². The lowest BCUT2D eigenvalue weighted by Gasteiger charge is -2.34. The zero-order valence-electron chi connectivity index (χ0n) is 18.2. The minimum Gasteiger partial charge on any atom is -0.359 e. The SMILES string of the molecule is CN=C(NCc1nccn1CCCc1ccccc1)N1CCC(CC(=O)NC)CC1. The van der Waals surface area contributed by atoms with E-state index < -0.39 is 0 Å². The summed E-state index contributed by atoms with van der Waals surface area (Å²) < 4.78 is 2.22. The van der Waals surface area contributed by atoms with Crippen LogP contribution in [0.2, 0.25) is 0 Å². The second kappa shape index (κ2) is 11.4. The minimum absolute atomic E-state index is 0.134. The van der Waals surface area contributed by atoms with Crippen LogP contribution in [0.1, 0.15) is 37.1 Å². The van der Waals surface area contributed by atoms with Gasteiger partial charge in [0.2, 0.25) is 5.91 Å². The van der Waals surface area contributed by atoms with Crippen LogP contribution in [0, 0.1) is 5.92 Å². The van der Waals surface area contributed by atoms with Crippen molar-refractivity contribution in [3.63, 3.8) is 0 Å². The lowest BCUT2D eigenvalue weighted by atomic mass is 9.93. The largest absolute Gasteiger partial charge is 0.359 e. The first-order valence-electron chi connectivity index (χ1n) is 10.9. The fourth-order valence-corrected chi connectivity index (χ4v) is 4.01. The number of benzene rings is 1. The van der Waals surface area contributed by atoms with Crippen LogP contribution < -0.4 is 10.6 Å². The minimum atomic E-state index is 0.134. The van der Waals surface area contributed by atoms with Gasteiger partial charge in [0.1, 0.15) is 5.82 Å². The van der Waals surface area contributed by atoms with Crippen molar-refractivity contribution in [2.75, 3.05) is 27.2 Å². The lowest BCUT2D eigenvalue weighted by Crippen LogP contribution is -2.46. The molecule has 0 spiro atoms. The van der Waals surface area contributed by atoms with Crippen molar-refractivity contribution in [2.24, 2.45) is 10.9 Å². The molecule has 0 unspecified atom stereocenters. The third kappa shape index (κ3) is 6.34. The van der Waals surface area contributed by atoms with E-state index in [9.17, 15) is 4.79 Å². The predicted molar refractivity (Wildman–Crippen MR) is 120 cm³/mol. The summed E-state index contributed by atoms with van der Waals surface area (Å²) in [5.41, 5.74) is 1.37. The molecule has 0 aliphatic carbocycles. The van der Waals surface area contributed by atoms with Crippen molar-refractivity contribution in [3.05, 3.63) is 54.1 Å². The van der Waals surface area contributed by atoms with Gasteiger partial charge in [-0.05, 0) is 37.2 Å². The number of aromatic nitrogens is 2. The third-order valence-corrected chi connectivity index (χ3v) is 5.79. The molecule has 1 saturated heterocycles. The van der Waals surface area contributed by atoms with Crippen LogP contribution in [0.5, 0.6) is 0 Å². The van der Waals surface area contributed by atoms with Gasteiger partial charge in [0, 0.05) is 52.5 Å². The topological polar surface area (TPSA) is 74.5 Å². The van der Waals surface area contributed by atoms with Gasteiger partial charge in [-0.1, -0.05) is 30.3 Å². The lowest BCUT2D eigenvalue weighted by molar-refractivity contribution is -0.121. The summed E-state index contributed by atoms with van der Waals surface area (Å²) in [6, 6.07) is 10.6.